The number of rotatable bonds is 7. The molecule has 2 amide bonds. The van der Waals surface area contributed by atoms with E-state index in [2.05, 4.69) is 10.6 Å². The van der Waals surface area contributed by atoms with Crippen molar-refractivity contribution in [2.75, 3.05) is 26.2 Å². The van der Waals surface area contributed by atoms with Gasteiger partial charge in [-0.2, -0.15) is 5.26 Å². The minimum atomic E-state index is -1.77. The van der Waals surface area contributed by atoms with E-state index >= 15 is 0 Å². The molecule has 1 saturated heterocycles. The van der Waals surface area contributed by atoms with Gasteiger partial charge in [-0.3, -0.25) is 4.79 Å². The van der Waals surface area contributed by atoms with Gasteiger partial charge in [0.05, 0.1) is 12.0 Å². The third-order valence-corrected chi connectivity index (χ3v) is 4.91. The fourth-order valence-electron chi connectivity index (χ4n) is 3.37. The van der Waals surface area contributed by atoms with Gasteiger partial charge in [0, 0.05) is 19.6 Å². The fraction of sp³-hybridized carbons (Fsp3) is 0.500. The number of benzene rings is 1. The van der Waals surface area contributed by atoms with Gasteiger partial charge in [-0.05, 0) is 17.4 Å². The van der Waals surface area contributed by atoms with Gasteiger partial charge in [0.15, 0.2) is 0 Å². The third kappa shape index (κ3) is 8.00. The molecule has 1 aromatic rings. The van der Waals surface area contributed by atoms with Crippen LogP contribution < -0.4 is 10.6 Å². The van der Waals surface area contributed by atoms with Crippen LogP contribution in [0.3, 0.4) is 0 Å². The summed E-state index contributed by atoms with van der Waals surface area (Å²) in [5.74, 6) is -1.35. The molecule has 9 nitrogen and oxygen atoms in total. The molecule has 1 aliphatic rings. The summed E-state index contributed by atoms with van der Waals surface area (Å²) in [4.78, 5) is 26.8. The highest BCUT2D eigenvalue weighted by Gasteiger charge is 2.31. The Morgan fingerprint density at radius 3 is 2.66 bits per heavy atom. The quantitative estimate of drug-likeness (QED) is 0.276. The number of hydrogen-bond donors (Lipinski definition) is 4. The Bertz CT molecular complexity index is 848. The van der Waals surface area contributed by atoms with Gasteiger partial charge in [0.2, 0.25) is 0 Å². The molecule has 0 aliphatic carbocycles. The summed E-state index contributed by atoms with van der Waals surface area (Å²) in [6, 6.07) is 10.6. The molecule has 1 fully saturated rings. The van der Waals surface area contributed by atoms with Crippen LogP contribution in [0, 0.1) is 16.7 Å². The molecule has 1 aliphatic heterocycles. The first-order valence-electron chi connectivity index (χ1n) is 10.6. The number of carbonyl (C=O) groups excluding carboxylic acids is 2. The van der Waals surface area contributed by atoms with Crippen LogP contribution in [0.2, 0.25) is 0 Å². The Kier molecular flexibility index (Phi) is 9.26. The van der Waals surface area contributed by atoms with E-state index in [4.69, 9.17) is 4.74 Å². The molecule has 0 radical (unpaired) electrons. The molecule has 1 heterocycles. The van der Waals surface area contributed by atoms with E-state index in [0.29, 0.717) is 19.6 Å². The molecule has 1 aromatic carbocycles. The molecule has 32 heavy (non-hydrogen) atoms. The second-order valence-corrected chi connectivity index (χ2v) is 8.84. The van der Waals surface area contributed by atoms with Gasteiger partial charge < -0.3 is 30.3 Å². The van der Waals surface area contributed by atoms with Crippen LogP contribution >= 0.6 is 0 Å². The highest BCUT2D eigenvalue weighted by atomic mass is 16.5. The Morgan fingerprint density at radius 1 is 1.38 bits per heavy atom. The number of allylic oxidation sites excluding steroid dienone is 1. The average molecular weight is 442 g/mol. The minimum absolute atomic E-state index is 0.0557. The molecule has 2 rings (SSSR count). The first kappa shape index (κ1) is 25.4. The molecule has 2 atom stereocenters. The lowest BCUT2D eigenvalue weighted by Crippen LogP contribution is -2.56. The summed E-state index contributed by atoms with van der Waals surface area (Å²) in [5, 5.41) is 34.3. The van der Waals surface area contributed by atoms with Crippen LogP contribution in [-0.4, -0.2) is 72.3 Å². The van der Waals surface area contributed by atoms with Gasteiger partial charge in [0.25, 0.3) is 5.91 Å². The van der Waals surface area contributed by atoms with Gasteiger partial charge in [-0.25, -0.2) is 4.79 Å². The van der Waals surface area contributed by atoms with Crippen molar-refractivity contribution < 1.29 is 24.4 Å². The summed E-state index contributed by atoms with van der Waals surface area (Å²) in [5.41, 5.74) is 0.550. The van der Waals surface area contributed by atoms with Crippen molar-refractivity contribution in [2.24, 2.45) is 5.41 Å². The van der Waals surface area contributed by atoms with Crippen LogP contribution in [0.4, 0.5) is 4.79 Å². The van der Waals surface area contributed by atoms with Crippen LogP contribution in [0.1, 0.15) is 26.3 Å². The van der Waals surface area contributed by atoms with E-state index in [1.165, 1.54) is 4.90 Å². The normalized spacial score (nSPS) is 17.8. The largest absolute Gasteiger partial charge is 0.475 e. The van der Waals surface area contributed by atoms with Gasteiger partial charge in [-0.1, -0.05) is 57.2 Å². The van der Waals surface area contributed by atoms with E-state index in [9.17, 15) is 24.9 Å². The van der Waals surface area contributed by atoms with Crippen molar-refractivity contribution in [1.82, 2.24) is 15.5 Å². The topological polar surface area (TPSA) is 135 Å². The monoisotopic (exact) mass is 442 g/mol. The lowest BCUT2D eigenvalue weighted by molar-refractivity contribution is -0.130. The van der Waals surface area contributed by atoms with Crippen LogP contribution in [0.15, 0.2) is 42.0 Å². The number of nitrogens with one attached hydrogen (secondary N) is 2. The minimum Gasteiger partial charge on any atom is -0.447 e. The first-order chi connectivity index (χ1) is 15.1. The van der Waals surface area contributed by atoms with Crippen molar-refractivity contribution in [1.29, 1.82) is 5.26 Å². The average Bonchev–Trinajstić information content (AvgIpc) is 2.75. The first-order valence-corrected chi connectivity index (χ1v) is 10.6. The van der Waals surface area contributed by atoms with Crippen LogP contribution in [0.5, 0.6) is 0 Å². The number of nitriles is 1. The summed E-state index contributed by atoms with van der Waals surface area (Å²) in [6.07, 6.45) is 1.04. The van der Waals surface area contributed by atoms with E-state index in [1.54, 1.807) is 6.08 Å². The van der Waals surface area contributed by atoms with E-state index in [0.717, 1.165) is 5.56 Å². The number of hydrogen-bond acceptors (Lipinski definition) is 7. The Balaban J connectivity index is 1.99. The lowest BCUT2D eigenvalue weighted by Gasteiger charge is -2.36. The standard InChI is InChI=1S/C22H31BN4O5/c1-22(2,3)12-17(13-24)20(28)27-10-9-25-14-18(27)15-32-21(29)26-19(23(30)31)11-16-7-5-4-6-8-16/h4-8,12,18-19,25,30-31H,9-11,14-15H2,1-3H3,(H,26,29)/b17-12+/t18-,19?/m1/s1. The van der Waals surface area contributed by atoms with Crippen molar-refractivity contribution in [3.05, 3.63) is 47.5 Å². The predicted octanol–water partition coefficient (Wildman–Crippen LogP) is 0.632. The highest BCUT2D eigenvalue weighted by Crippen LogP contribution is 2.19. The van der Waals surface area contributed by atoms with Crippen molar-refractivity contribution in [2.45, 2.75) is 39.2 Å². The molecule has 0 aromatic heterocycles. The molecule has 0 saturated carbocycles. The second-order valence-electron chi connectivity index (χ2n) is 8.84. The number of alkyl carbamates (subject to hydrolysis) is 1. The predicted molar refractivity (Wildman–Crippen MR) is 120 cm³/mol. The van der Waals surface area contributed by atoms with Crippen LogP contribution in [0.25, 0.3) is 0 Å². The molecular weight excluding hydrogens is 411 g/mol. The van der Waals surface area contributed by atoms with E-state index in [1.807, 2.05) is 57.2 Å². The SMILES string of the molecule is CC(C)(C)/C=C(\C#N)C(=O)N1CCNC[C@@H]1COC(=O)NC(Cc1ccccc1)B(O)O. The fourth-order valence-corrected chi connectivity index (χ4v) is 3.37. The molecule has 172 valence electrons. The lowest BCUT2D eigenvalue weighted by atomic mass is 9.76. The maximum absolute atomic E-state index is 12.9. The molecular formula is C22H31BN4O5. The highest BCUT2D eigenvalue weighted by molar-refractivity contribution is 6.43. The smallest absolute Gasteiger partial charge is 0.447 e. The van der Waals surface area contributed by atoms with E-state index in [-0.39, 0.29) is 24.0 Å². The third-order valence-electron chi connectivity index (χ3n) is 4.91. The van der Waals surface area contributed by atoms with Crippen molar-refractivity contribution >= 4 is 19.1 Å². The van der Waals surface area contributed by atoms with Gasteiger partial charge >= 0.3 is 13.2 Å². The summed E-state index contributed by atoms with van der Waals surface area (Å²) in [7, 11) is -1.77. The molecule has 4 N–H and O–H groups in total. The zero-order valence-electron chi connectivity index (χ0n) is 18.7. The number of ether oxygens (including phenoxy) is 1. The Morgan fingerprint density at radius 2 is 2.06 bits per heavy atom. The Labute approximate surface area is 189 Å². The molecule has 0 spiro atoms. The Hall–Kier alpha value is -2.87. The number of carbonyl (C=O) groups is 2. The number of amides is 2. The van der Waals surface area contributed by atoms with Crippen molar-refractivity contribution in [3.8, 4) is 6.07 Å². The van der Waals surface area contributed by atoms with Gasteiger partial charge in [-0.15, -0.1) is 0 Å². The van der Waals surface area contributed by atoms with E-state index < -0.39 is 31.1 Å². The van der Waals surface area contributed by atoms with Gasteiger partial charge in [0.1, 0.15) is 18.2 Å². The zero-order chi connectivity index (χ0) is 23.7. The molecule has 1 unspecified atom stereocenters. The van der Waals surface area contributed by atoms with Crippen molar-refractivity contribution in [3.63, 3.8) is 0 Å². The maximum Gasteiger partial charge on any atom is 0.475 e. The second kappa shape index (κ2) is 11.7. The maximum atomic E-state index is 12.9. The zero-order valence-corrected chi connectivity index (χ0v) is 18.7. The summed E-state index contributed by atoms with van der Waals surface area (Å²) < 4.78 is 5.29. The number of piperazine rings is 1. The summed E-state index contributed by atoms with van der Waals surface area (Å²) >= 11 is 0. The summed E-state index contributed by atoms with van der Waals surface area (Å²) in [6.45, 7) is 6.97. The molecule has 10 heteroatoms. The van der Waals surface area contributed by atoms with Crippen LogP contribution in [-0.2, 0) is 16.0 Å². The number of nitrogens with zero attached hydrogens (tertiary/aromatic N) is 2. The molecule has 0 bridgehead atoms.